The van der Waals surface area contributed by atoms with E-state index in [-0.39, 0.29) is 18.7 Å². The summed E-state index contributed by atoms with van der Waals surface area (Å²) in [6.07, 6.45) is 0.442. The Kier molecular flexibility index (Phi) is 5.87. The molecule has 0 aliphatic rings. The number of benzene rings is 3. The van der Waals surface area contributed by atoms with Crippen LogP contribution in [0.25, 0.3) is 21.9 Å². The first-order valence-electron chi connectivity index (χ1n) is 11.5. The second kappa shape index (κ2) is 9.14. The second-order valence-electron chi connectivity index (χ2n) is 8.61. The molecule has 35 heavy (non-hydrogen) atoms. The molecule has 0 fully saturated rings. The number of ether oxygens (including phenoxy) is 1. The van der Waals surface area contributed by atoms with Crippen molar-refractivity contribution in [3.8, 4) is 11.5 Å². The summed E-state index contributed by atoms with van der Waals surface area (Å²) < 4.78 is 17.1. The van der Waals surface area contributed by atoms with Gasteiger partial charge in [0.25, 0.3) is 0 Å². The largest absolute Gasteiger partial charge is 0.461 e. The maximum Gasteiger partial charge on any atom is 0.339 e. The van der Waals surface area contributed by atoms with Crippen LogP contribution in [0.5, 0.6) is 11.5 Å². The van der Waals surface area contributed by atoms with Gasteiger partial charge in [-0.3, -0.25) is 4.79 Å². The molecular formula is C29H25NO5. The van der Waals surface area contributed by atoms with Gasteiger partial charge in [0.1, 0.15) is 28.4 Å². The second-order valence-corrected chi connectivity index (χ2v) is 8.61. The van der Waals surface area contributed by atoms with Crippen molar-refractivity contribution in [2.75, 3.05) is 5.32 Å². The monoisotopic (exact) mass is 467 g/mol. The lowest BCUT2D eigenvalue weighted by Gasteiger charge is -2.10. The van der Waals surface area contributed by atoms with Gasteiger partial charge in [-0.25, -0.2) is 4.79 Å². The van der Waals surface area contributed by atoms with Crippen molar-refractivity contribution in [2.45, 2.75) is 33.6 Å². The number of amides is 1. The molecule has 2 heterocycles. The Morgan fingerprint density at radius 1 is 0.829 bits per heavy atom. The van der Waals surface area contributed by atoms with Crippen LogP contribution in [0.1, 0.15) is 28.9 Å². The average molecular weight is 468 g/mol. The number of para-hydroxylation sites is 1. The molecule has 6 nitrogen and oxygen atoms in total. The fourth-order valence-electron chi connectivity index (χ4n) is 4.21. The number of hydrogen-bond donors (Lipinski definition) is 1. The average Bonchev–Trinajstić information content (AvgIpc) is 3.12. The summed E-state index contributed by atoms with van der Waals surface area (Å²) in [5.41, 5.74) is 3.81. The normalized spacial score (nSPS) is 11.2. The van der Waals surface area contributed by atoms with Gasteiger partial charge in [0, 0.05) is 34.5 Å². The van der Waals surface area contributed by atoms with Crippen LogP contribution in [-0.2, 0) is 11.2 Å². The van der Waals surface area contributed by atoms with Crippen molar-refractivity contribution < 1.29 is 18.4 Å². The molecule has 0 aliphatic carbocycles. The molecule has 0 unspecified atom stereocenters. The van der Waals surface area contributed by atoms with Crippen LogP contribution in [0, 0.1) is 20.8 Å². The van der Waals surface area contributed by atoms with E-state index in [2.05, 4.69) is 5.32 Å². The van der Waals surface area contributed by atoms with E-state index in [0.29, 0.717) is 28.2 Å². The number of hydrogen-bond acceptors (Lipinski definition) is 5. The maximum absolute atomic E-state index is 12.7. The number of furan rings is 1. The smallest absolute Gasteiger partial charge is 0.339 e. The van der Waals surface area contributed by atoms with Gasteiger partial charge < -0.3 is 18.9 Å². The SMILES string of the molecule is Cc1oc2cc3oc(=O)c(CCC(=O)Nc4ccc(Oc5ccccc5)cc4)c(C)c3cc2c1C. The molecule has 0 aliphatic heterocycles. The summed E-state index contributed by atoms with van der Waals surface area (Å²) in [6, 6.07) is 20.4. The van der Waals surface area contributed by atoms with Gasteiger partial charge in [-0.2, -0.15) is 0 Å². The Labute approximate surface area is 202 Å². The number of nitrogens with one attached hydrogen (secondary N) is 1. The Hall–Kier alpha value is -4.32. The van der Waals surface area contributed by atoms with Crippen molar-refractivity contribution >= 4 is 33.5 Å². The van der Waals surface area contributed by atoms with Crippen LogP contribution in [0.2, 0.25) is 0 Å². The van der Waals surface area contributed by atoms with E-state index >= 15 is 0 Å². The zero-order chi connectivity index (χ0) is 24.5. The molecule has 0 bridgehead atoms. The molecule has 3 aromatic carbocycles. The first-order valence-corrected chi connectivity index (χ1v) is 11.5. The van der Waals surface area contributed by atoms with E-state index in [1.165, 1.54) is 0 Å². The third-order valence-electron chi connectivity index (χ3n) is 6.30. The molecule has 0 spiro atoms. The van der Waals surface area contributed by atoms with Crippen molar-refractivity contribution in [2.24, 2.45) is 0 Å². The van der Waals surface area contributed by atoms with E-state index < -0.39 is 5.63 Å². The Morgan fingerprint density at radius 2 is 1.49 bits per heavy atom. The Morgan fingerprint density at radius 3 is 2.23 bits per heavy atom. The van der Waals surface area contributed by atoms with Gasteiger partial charge in [0.05, 0.1) is 0 Å². The quantitative estimate of drug-likeness (QED) is 0.277. The van der Waals surface area contributed by atoms with Gasteiger partial charge in [0.15, 0.2) is 0 Å². The third-order valence-corrected chi connectivity index (χ3v) is 6.30. The summed E-state index contributed by atoms with van der Waals surface area (Å²) >= 11 is 0. The van der Waals surface area contributed by atoms with Crippen LogP contribution in [0.15, 0.2) is 80.4 Å². The van der Waals surface area contributed by atoms with Gasteiger partial charge in [-0.15, -0.1) is 0 Å². The molecule has 6 heteroatoms. The minimum absolute atomic E-state index is 0.158. The number of aryl methyl sites for hydroxylation is 3. The van der Waals surface area contributed by atoms with Crippen LogP contribution < -0.4 is 15.7 Å². The topological polar surface area (TPSA) is 81.7 Å². The fourth-order valence-corrected chi connectivity index (χ4v) is 4.21. The molecule has 0 saturated carbocycles. The zero-order valence-corrected chi connectivity index (χ0v) is 19.8. The summed E-state index contributed by atoms with van der Waals surface area (Å²) in [5, 5.41) is 4.72. The fraction of sp³-hybridized carbons (Fsp3) is 0.172. The van der Waals surface area contributed by atoms with Crippen molar-refractivity contribution in [3.05, 3.63) is 99.6 Å². The highest BCUT2D eigenvalue weighted by molar-refractivity contribution is 5.97. The zero-order valence-electron chi connectivity index (χ0n) is 19.8. The summed E-state index contributed by atoms with van der Waals surface area (Å²) in [6.45, 7) is 5.82. The molecule has 176 valence electrons. The highest BCUT2D eigenvalue weighted by atomic mass is 16.5. The lowest BCUT2D eigenvalue weighted by Crippen LogP contribution is -2.16. The van der Waals surface area contributed by atoms with Crippen LogP contribution >= 0.6 is 0 Å². The number of anilines is 1. The summed E-state index contributed by atoms with van der Waals surface area (Å²) in [7, 11) is 0. The maximum atomic E-state index is 12.7. The van der Waals surface area contributed by atoms with Crippen molar-refractivity contribution in [3.63, 3.8) is 0 Å². The number of carbonyl (C=O) groups excluding carboxylic acids is 1. The van der Waals surface area contributed by atoms with Crippen molar-refractivity contribution in [1.29, 1.82) is 0 Å². The number of rotatable bonds is 6. The molecule has 0 atom stereocenters. The molecule has 5 aromatic rings. The van der Waals surface area contributed by atoms with Crippen LogP contribution in [0.4, 0.5) is 5.69 Å². The van der Waals surface area contributed by atoms with Crippen LogP contribution in [-0.4, -0.2) is 5.91 Å². The summed E-state index contributed by atoms with van der Waals surface area (Å²) in [5.74, 6) is 2.08. The standard InChI is InChI=1S/C29H25NO5/c1-17-19(3)33-26-16-27-25(15-24(17)26)18(2)23(29(32)35-27)13-14-28(31)30-20-9-11-22(12-10-20)34-21-7-5-4-6-8-21/h4-12,15-16H,13-14H2,1-3H3,(H,30,31). The Balaban J connectivity index is 1.29. The highest BCUT2D eigenvalue weighted by Crippen LogP contribution is 2.31. The minimum Gasteiger partial charge on any atom is -0.461 e. The molecular weight excluding hydrogens is 442 g/mol. The lowest BCUT2D eigenvalue weighted by molar-refractivity contribution is -0.116. The molecule has 1 N–H and O–H groups in total. The molecule has 5 rings (SSSR count). The Bertz CT molecular complexity index is 1590. The molecule has 0 saturated heterocycles. The highest BCUT2D eigenvalue weighted by Gasteiger charge is 2.16. The van der Waals surface area contributed by atoms with Gasteiger partial charge >= 0.3 is 5.63 Å². The molecule has 2 aromatic heterocycles. The number of fused-ring (bicyclic) bond motifs is 2. The first kappa shape index (κ1) is 22.5. The van der Waals surface area contributed by atoms with E-state index in [0.717, 1.165) is 33.4 Å². The first-order chi connectivity index (χ1) is 16.9. The van der Waals surface area contributed by atoms with E-state index in [4.69, 9.17) is 13.6 Å². The predicted molar refractivity (Wildman–Crippen MR) is 136 cm³/mol. The van der Waals surface area contributed by atoms with Gasteiger partial charge in [0.2, 0.25) is 5.91 Å². The van der Waals surface area contributed by atoms with E-state index in [9.17, 15) is 9.59 Å². The predicted octanol–water partition coefficient (Wildman–Crippen LogP) is 6.83. The van der Waals surface area contributed by atoms with Crippen molar-refractivity contribution in [1.82, 2.24) is 0 Å². The molecule has 0 radical (unpaired) electrons. The minimum atomic E-state index is -0.426. The van der Waals surface area contributed by atoms with E-state index in [1.807, 2.05) is 57.2 Å². The van der Waals surface area contributed by atoms with Gasteiger partial charge in [-0.05, 0) is 80.8 Å². The van der Waals surface area contributed by atoms with Crippen LogP contribution in [0.3, 0.4) is 0 Å². The lowest BCUT2D eigenvalue weighted by atomic mass is 10.0. The van der Waals surface area contributed by atoms with Gasteiger partial charge in [-0.1, -0.05) is 18.2 Å². The molecule has 1 amide bonds. The van der Waals surface area contributed by atoms with E-state index in [1.54, 1.807) is 30.3 Å². The summed E-state index contributed by atoms with van der Waals surface area (Å²) in [4.78, 5) is 25.3. The number of carbonyl (C=O) groups is 1. The third kappa shape index (κ3) is 4.55.